The average Bonchev–Trinajstić information content (AvgIpc) is 3.11. The van der Waals surface area contributed by atoms with Crippen LogP contribution >= 0.6 is 0 Å². The van der Waals surface area contributed by atoms with E-state index in [1.165, 1.54) is 21.9 Å². The Labute approximate surface area is 223 Å². The third-order valence-electron chi connectivity index (χ3n) is 7.29. The van der Waals surface area contributed by atoms with Crippen molar-refractivity contribution in [3.63, 3.8) is 0 Å². The van der Waals surface area contributed by atoms with Gasteiger partial charge in [-0.05, 0) is 42.5 Å². The fourth-order valence-corrected chi connectivity index (χ4v) is 5.57. The van der Waals surface area contributed by atoms with Crippen LogP contribution in [0.25, 0.3) is 0 Å². The van der Waals surface area contributed by atoms with Gasteiger partial charge in [0, 0.05) is 40.0 Å². The highest BCUT2D eigenvalue weighted by molar-refractivity contribution is 7.90. The van der Waals surface area contributed by atoms with E-state index in [0.29, 0.717) is 37.9 Å². The zero-order valence-electron chi connectivity index (χ0n) is 22.0. The topological polar surface area (TPSA) is 119 Å². The summed E-state index contributed by atoms with van der Waals surface area (Å²) in [7, 11) is 0.102. The van der Waals surface area contributed by atoms with Crippen LogP contribution in [-0.4, -0.2) is 86.6 Å². The van der Waals surface area contributed by atoms with E-state index in [-0.39, 0.29) is 29.4 Å². The van der Waals surface area contributed by atoms with Gasteiger partial charge in [-0.1, -0.05) is 42.5 Å². The van der Waals surface area contributed by atoms with Gasteiger partial charge in [-0.3, -0.25) is 9.69 Å². The van der Waals surface area contributed by atoms with Crippen molar-refractivity contribution < 1.29 is 22.8 Å². The number of amides is 5. The van der Waals surface area contributed by atoms with E-state index in [2.05, 4.69) is 15.5 Å². The Hall–Kier alpha value is -3.44. The summed E-state index contributed by atoms with van der Waals surface area (Å²) in [5, 5.41) is 6.01. The molecule has 2 aliphatic heterocycles. The average molecular weight is 542 g/mol. The minimum Gasteiger partial charge on any atom is -0.331 e. The number of benzene rings is 2. The van der Waals surface area contributed by atoms with Crippen LogP contribution in [0.15, 0.2) is 59.5 Å². The number of imide groups is 1. The van der Waals surface area contributed by atoms with Crippen LogP contribution in [0.3, 0.4) is 0 Å². The molecule has 10 nitrogen and oxygen atoms in total. The number of piperidine rings is 1. The summed E-state index contributed by atoms with van der Waals surface area (Å²) in [4.78, 5) is 43.6. The number of hydrogen-bond donors (Lipinski definition) is 2. The Balaban J connectivity index is 1.35. The van der Waals surface area contributed by atoms with E-state index < -0.39 is 21.4 Å². The molecule has 4 rings (SSSR count). The lowest BCUT2D eigenvalue weighted by atomic mass is 9.87. The molecule has 0 saturated carbocycles. The second-order valence-electron chi connectivity index (χ2n) is 10.3. The first kappa shape index (κ1) is 27.6. The highest BCUT2D eigenvalue weighted by Crippen LogP contribution is 2.31. The summed E-state index contributed by atoms with van der Waals surface area (Å²) in [6.45, 7) is 2.12. The van der Waals surface area contributed by atoms with Gasteiger partial charge in [0.25, 0.3) is 5.91 Å². The van der Waals surface area contributed by atoms with E-state index in [4.69, 9.17) is 0 Å². The number of carbonyl (C=O) groups is 3. The second kappa shape index (κ2) is 11.1. The Bertz CT molecular complexity index is 1270. The largest absolute Gasteiger partial charge is 0.331 e. The maximum atomic E-state index is 13.3. The lowest BCUT2D eigenvalue weighted by molar-refractivity contribution is -0.133. The minimum absolute atomic E-state index is 0.0878. The van der Waals surface area contributed by atoms with E-state index in [1.54, 1.807) is 26.2 Å². The van der Waals surface area contributed by atoms with Gasteiger partial charge in [-0.15, -0.1) is 0 Å². The molecule has 1 unspecified atom stereocenters. The fourth-order valence-electron chi connectivity index (χ4n) is 4.94. The van der Waals surface area contributed by atoms with Crippen molar-refractivity contribution in [3.05, 3.63) is 65.7 Å². The van der Waals surface area contributed by atoms with Crippen molar-refractivity contribution in [3.8, 4) is 0 Å². The number of urea groups is 2. The van der Waals surface area contributed by atoms with Crippen LogP contribution in [-0.2, 0) is 21.2 Å². The SMILES string of the molecule is CN(C)C(=O)NC(CCN1CCC2(CC1)NC(=O)N(Cc1ccc(S(C)(=O)=O)cc1)C2=O)c1ccccc1. The Morgan fingerprint density at radius 3 is 2.26 bits per heavy atom. The van der Waals surface area contributed by atoms with E-state index in [1.807, 2.05) is 30.3 Å². The lowest BCUT2D eigenvalue weighted by Gasteiger charge is -2.38. The van der Waals surface area contributed by atoms with Crippen molar-refractivity contribution in [1.82, 2.24) is 25.3 Å². The third kappa shape index (κ3) is 6.16. The van der Waals surface area contributed by atoms with Crippen LogP contribution in [0.2, 0.25) is 0 Å². The van der Waals surface area contributed by atoms with Crippen LogP contribution in [0.4, 0.5) is 9.59 Å². The highest BCUT2D eigenvalue weighted by atomic mass is 32.2. The van der Waals surface area contributed by atoms with Gasteiger partial charge in [-0.25, -0.2) is 18.0 Å². The third-order valence-corrected chi connectivity index (χ3v) is 8.42. The molecule has 0 radical (unpaired) electrons. The normalized spacial score (nSPS) is 18.3. The van der Waals surface area contributed by atoms with Gasteiger partial charge >= 0.3 is 12.1 Å². The molecule has 204 valence electrons. The highest BCUT2D eigenvalue weighted by Gasteiger charge is 2.52. The zero-order valence-corrected chi connectivity index (χ0v) is 22.8. The minimum atomic E-state index is -3.32. The molecule has 1 spiro atoms. The molecular weight excluding hydrogens is 506 g/mol. The zero-order chi connectivity index (χ0) is 27.5. The number of nitrogens with zero attached hydrogens (tertiary/aromatic N) is 3. The molecule has 38 heavy (non-hydrogen) atoms. The van der Waals surface area contributed by atoms with Crippen LogP contribution in [0.5, 0.6) is 0 Å². The molecule has 2 fully saturated rings. The molecule has 0 bridgehead atoms. The maximum absolute atomic E-state index is 13.3. The molecule has 11 heteroatoms. The first-order chi connectivity index (χ1) is 18.0. The molecular formula is C27H35N5O5S. The van der Waals surface area contributed by atoms with E-state index in [0.717, 1.165) is 18.4 Å². The number of sulfone groups is 1. The lowest BCUT2D eigenvalue weighted by Crippen LogP contribution is -2.55. The molecule has 0 aliphatic carbocycles. The van der Waals surface area contributed by atoms with Gasteiger partial charge < -0.3 is 20.4 Å². The molecule has 2 heterocycles. The molecule has 2 aliphatic rings. The predicted octanol–water partition coefficient (Wildman–Crippen LogP) is 2.38. The van der Waals surface area contributed by atoms with E-state index >= 15 is 0 Å². The first-order valence-electron chi connectivity index (χ1n) is 12.7. The van der Waals surface area contributed by atoms with Crippen LogP contribution in [0.1, 0.15) is 36.4 Å². The molecule has 0 aromatic heterocycles. The van der Waals surface area contributed by atoms with Crippen LogP contribution < -0.4 is 10.6 Å². The predicted molar refractivity (Wildman–Crippen MR) is 143 cm³/mol. The first-order valence-corrected chi connectivity index (χ1v) is 14.6. The Morgan fingerprint density at radius 1 is 1.05 bits per heavy atom. The quantitative estimate of drug-likeness (QED) is 0.496. The van der Waals surface area contributed by atoms with Gasteiger partial charge in [0.1, 0.15) is 5.54 Å². The monoisotopic (exact) mass is 541 g/mol. The number of hydrogen-bond acceptors (Lipinski definition) is 6. The summed E-state index contributed by atoms with van der Waals surface area (Å²) in [6.07, 6.45) is 2.85. The molecule has 1 atom stereocenters. The molecule has 2 aromatic carbocycles. The molecule has 2 N–H and O–H groups in total. The maximum Gasteiger partial charge on any atom is 0.325 e. The smallest absolute Gasteiger partial charge is 0.325 e. The van der Waals surface area contributed by atoms with Crippen molar-refractivity contribution in [2.24, 2.45) is 0 Å². The van der Waals surface area contributed by atoms with Gasteiger partial charge in [0.05, 0.1) is 17.5 Å². The Kier molecular flexibility index (Phi) is 8.08. The van der Waals surface area contributed by atoms with Gasteiger partial charge in [-0.2, -0.15) is 0 Å². The summed E-state index contributed by atoms with van der Waals surface area (Å²) < 4.78 is 23.4. The number of nitrogens with one attached hydrogen (secondary N) is 2. The van der Waals surface area contributed by atoms with E-state index in [9.17, 15) is 22.8 Å². The van der Waals surface area contributed by atoms with Crippen molar-refractivity contribution in [2.75, 3.05) is 40.0 Å². The van der Waals surface area contributed by atoms with Crippen LogP contribution in [0, 0.1) is 0 Å². The number of carbonyl (C=O) groups excluding carboxylic acids is 3. The molecule has 2 aromatic rings. The summed E-state index contributed by atoms with van der Waals surface area (Å²) in [5.41, 5.74) is 0.801. The standard InChI is InChI=1S/C27H35N5O5S/c1-30(2)25(34)28-23(21-7-5-4-6-8-21)13-16-31-17-14-27(15-18-31)24(33)32(26(35)29-27)19-20-9-11-22(12-10-20)38(3,36)37/h4-12,23H,13-19H2,1-3H3,(H,28,34)(H,29,35). The summed E-state index contributed by atoms with van der Waals surface area (Å²) >= 11 is 0. The van der Waals surface area contributed by atoms with Crippen molar-refractivity contribution >= 4 is 27.8 Å². The summed E-state index contributed by atoms with van der Waals surface area (Å²) in [6, 6.07) is 15.4. The number of likely N-dealkylation sites (tertiary alicyclic amines) is 1. The second-order valence-corrected chi connectivity index (χ2v) is 12.3. The van der Waals surface area contributed by atoms with Gasteiger partial charge in [0.2, 0.25) is 0 Å². The fraction of sp³-hybridized carbons (Fsp3) is 0.444. The molecule has 5 amide bonds. The Morgan fingerprint density at radius 2 is 1.68 bits per heavy atom. The molecule has 2 saturated heterocycles. The van der Waals surface area contributed by atoms with Crippen molar-refractivity contribution in [1.29, 1.82) is 0 Å². The summed E-state index contributed by atoms with van der Waals surface area (Å²) in [5.74, 6) is -0.241. The number of rotatable bonds is 8. The van der Waals surface area contributed by atoms with Crippen molar-refractivity contribution in [2.45, 2.75) is 42.3 Å². The van der Waals surface area contributed by atoms with Gasteiger partial charge in [0.15, 0.2) is 9.84 Å².